The van der Waals surface area contributed by atoms with Crippen LogP contribution in [0.5, 0.6) is 11.5 Å². The van der Waals surface area contributed by atoms with E-state index in [2.05, 4.69) is 0 Å². The van der Waals surface area contributed by atoms with E-state index in [0.29, 0.717) is 11.3 Å². The Kier molecular flexibility index (Phi) is 3.98. The van der Waals surface area contributed by atoms with Crippen LogP contribution in [0.4, 0.5) is 0 Å². The molecule has 2 aromatic rings. The van der Waals surface area contributed by atoms with Crippen LogP contribution in [-0.4, -0.2) is 16.1 Å². The van der Waals surface area contributed by atoms with Gasteiger partial charge in [0, 0.05) is 12.5 Å². The Morgan fingerprint density at radius 3 is 2.67 bits per heavy atom. The zero-order valence-corrected chi connectivity index (χ0v) is 11.4. The summed E-state index contributed by atoms with van der Waals surface area (Å²) in [6.07, 6.45) is -0.163. The van der Waals surface area contributed by atoms with Crippen molar-refractivity contribution in [3.63, 3.8) is 0 Å². The van der Waals surface area contributed by atoms with Gasteiger partial charge >= 0.3 is 0 Å². The maximum Gasteiger partial charge on any atom is 0.227 e. The summed E-state index contributed by atoms with van der Waals surface area (Å²) in [5, 5.41) is 19.5. The second-order valence-corrected chi connectivity index (χ2v) is 4.75. The van der Waals surface area contributed by atoms with Gasteiger partial charge in [-0.2, -0.15) is 0 Å². The summed E-state index contributed by atoms with van der Waals surface area (Å²) in [4.78, 5) is 23.0. The second kappa shape index (κ2) is 5.70. The number of primary amides is 1. The molecule has 21 heavy (non-hydrogen) atoms. The van der Waals surface area contributed by atoms with Gasteiger partial charge in [-0.15, -0.1) is 0 Å². The van der Waals surface area contributed by atoms with Gasteiger partial charge in [0.05, 0.1) is 5.92 Å². The third kappa shape index (κ3) is 3.22. The van der Waals surface area contributed by atoms with Gasteiger partial charge in [0.25, 0.3) is 0 Å². The van der Waals surface area contributed by atoms with Gasteiger partial charge in [-0.05, 0) is 24.6 Å². The van der Waals surface area contributed by atoms with Gasteiger partial charge in [-0.25, -0.2) is 0 Å². The number of carbonyl (C=O) groups is 1. The van der Waals surface area contributed by atoms with E-state index in [1.54, 1.807) is 19.1 Å². The number of phenolic OH excluding ortho intramolecular Hbond substituents is 1. The van der Waals surface area contributed by atoms with Gasteiger partial charge in [-0.1, -0.05) is 12.1 Å². The molecular formula is C15H15NO5. The number of carbonyl (C=O) groups excluding carboxylic acids is 1. The first-order valence-corrected chi connectivity index (χ1v) is 6.29. The normalized spacial score (nSPS) is 12.0. The number of nitrogens with two attached hydrogens (primary N) is 1. The van der Waals surface area contributed by atoms with Crippen molar-refractivity contribution < 1.29 is 19.4 Å². The Morgan fingerprint density at radius 2 is 2.05 bits per heavy atom. The largest absolute Gasteiger partial charge is 0.508 e. The standard InChI is InChI=1S/C15H15NO5/c1-8-5-12(18)14(20)15(21-8)11(7-13(16)19)9-3-2-4-10(17)6-9/h2-6,11,17,20H,7H2,1H3,(H2,16,19)/t11-/m0/s1. The van der Waals surface area contributed by atoms with Crippen molar-refractivity contribution in [2.75, 3.05) is 0 Å². The van der Waals surface area contributed by atoms with Crippen LogP contribution in [0.2, 0.25) is 0 Å². The quantitative estimate of drug-likeness (QED) is 0.786. The highest BCUT2D eigenvalue weighted by Gasteiger charge is 2.25. The summed E-state index contributed by atoms with van der Waals surface area (Å²) >= 11 is 0. The molecule has 0 radical (unpaired) electrons. The number of hydrogen-bond acceptors (Lipinski definition) is 5. The number of amides is 1. The molecule has 1 aromatic carbocycles. The number of rotatable bonds is 4. The van der Waals surface area contributed by atoms with Crippen LogP contribution in [0, 0.1) is 6.92 Å². The smallest absolute Gasteiger partial charge is 0.227 e. The highest BCUT2D eigenvalue weighted by atomic mass is 16.4. The van der Waals surface area contributed by atoms with E-state index in [0.717, 1.165) is 6.07 Å². The molecule has 0 bridgehead atoms. The van der Waals surface area contributed by atoms with Crippen molar-refractivity contribution >= 4 is 5.91 Å². The summed E-state index contributed by atoms with van der Waals surface area (Å²) in [5.74, 6) is -1.66. The first kappa shape index (κ1) is 14.6. The lowest BCUT2D eigenvalue weighted by Gasteiger charge is -2.16. The van der Waals surface area contributed by atoms with E-state index in [1.807, 2.05) is 0 Å². The van der Waals surface area contributed by atoms with Crippen molar-refractivity contribution in [2.24, 2.45) is 5.73 Å². The van der Waals surface area contributed by atoms with Crippen LogP contribution in [0.3, 0.4) is 0 Å². The van der Waals surface area contributed by atoms with E-state index in [1.165, 1.54) is 12.1 Å². The highest BCUT2D eigenvalue weighted by Crippen LogP contribution is 2.33. The highest BCUT2D eigenvalue weighted by molar-refractivity contribution is 5.75. The van der Waals surface area contributed by atoms with Crippen LogP contribution in [-0.2, 0) is 4.79 Å². The maximum atomic E-state index is 11.7. The van der Waals surface area contributed by atoms with Gasteiger partial charge in [-0.3, -0.25) is 9.59 Å². The van der Waals surface area contributed by atoms with Gasteiger partial charge in [0.2, 0.25) is 17.1 Å². The molecule has 4 N–H and O–H groups in total. The van der Waals surface area contributed by atoms with Gasteiger partial charge in [0.1, 0.15) is 11.5 Å². The number of benzene rings is 1. The minimum atomic E-state index is -0.748. The van der Waals surface area contributed by atoms with E-state index in [4.69, 9.17) is 10.2 Å². The fraction of sp³-hybridized carbons (Fsp3) is 0.200. The van der Waals surface area contributed by atoms with Crippen molar-refractivity contribution in [1.29, 1.82) is 0 Å². The van der Waals surface area contributed by atoms with Gasteiger partial charge in [0.15, 0.2) is 5.76 Å². The van der Waals surface area contributed by atoms with Crippen LogP contribution in [0.25, 0.3) is 0 Å². The molecule has 1 aromatic heterocycles. The molecule has 2 rings (SSSR count). The molecule has 1 amide bonds. The molecule has 0 fully saturated rings. The molecule has 110 valence electrons. The first-order chi connectivity index (χ1) is 9.88. The fourth-order valence-corrected chi connectivity index (χ4v) is 2.17. The molecule has 0 spiro atoms. The van der Waals surface area contributed by atoms with Crippen LogP contribution in [0.15, 0.2) is 39.5 Å². The first-order valence-electron chi connectivity index (χ1n) is 6.29. The zero-order valence-electron chi connectivity index (χ0n) is 11.4. The lowest BCUT2D eigenvalue weighted by atomic mass is 9.92. The van der Waals surface area contributed by atoms with Crippen molar-refractivity contribution in [2.45, 2.75) is 19.3 Å². The Balaban J connectivity index is 2.61. The topological polar surface area (TPSA) is 114 Å². The van der Waals surface area contributed by atoms with E-state index >= 15 is 0 Å². The van der Waals surface area contributed by atoms with Crippen molar-refractivity contribution in [3.8, 4) is 11.5 Å². The Hall–Kier alpha value is -2.76. The lowest BCUT2D eigenvalue weighted by molar-refractivity contribution is -0.118. The van der Waals surface area contributed by atoms with Crippen molar-refractivity contribution in [3.05, 3.63) is 57.6 Å². The minimum Gasteiger partial charge on any atom is -0.508 e. The number of aromatic hydroxyl groups is 2. The number of aryl methyl sites for hydroxylation is 1. The molecule has 0 aliphatic rings. The third-order valence-electron chi connectivity index (χ3n) is 3.07. The van der Waals surface area contributed by atoms with E-state index < -0.39 is 23.0 Å². The predicted molar refractivity (Wildman–Crippen MR) is 75.1 cm³/mol. The lowest BCUT2D eigenvalue weighted by Crippen LogP contribution is -2.17. The predicted octanol–water partition coefficient (Wildman–Crippen LogP) is 1.37. The maximum absolute atomic E-state index is 11.7. The average Bonchev–Trinajstić information content (AvgIpc) is 2.40. The van der Waals surface area contributed by atoms with Gasteiger partial charge < -0.3 is 20.4 Å². The van der Waals surface area contributed by atoms with E-state index in [9.17, 15) is 19.8 Å². The SMILES string of the molecule is Cc1cc(=O)c(O)c([C@@H](CC(N)=O)c2cccc(O)c2)o1. The number of hydrogen-bond donors (Lipinski definition) is 3. The molecule has 1 atom stereocenters. The van der Waals surface area contributed by atoms with E-state index in [-0.39, 0.29) is 17.9 Å². The molecule has 1 heterocycles. The summed E-state index contributed by atoms with van der Waals surface area (Å²) < 4.78 is 5.41. The molecule has 0 unspecified atom stereocenters. The molecular weight excluding hydrogens is 274 g/mol. The summed E-state index contributed by atoms with van der Waals surface area (Å²) in [5.41, 5.74) is 5.15. The molecule has 0 saturated heterocycles. The summed E-state index contributed by atoms with van der Waals surface area (Å²) in [7, 11) is 0. The van der Waals surface area contributed by atoms with Crippen LogP contribution in [0.1, 0.15) is 29.4 Å². The van der Waals surface area contributed by atoms with Crippen LogP contribution < -0.4 is 11.2 Å². The van der Waals surface area contributed by atoms with Crippen LogP contribution >= 0.6 is 0 Å². The molecule has 0 saturated carbocycles. The zero-order chi connectivity index (χ0) is 15.6. The monoisotopic (exact) mass is 289 g/mol. The molecule has 6 nitrogen and oxygen atoms in total. The second-order valence-electron chi connectivity index (χ2n) is 4.75. The molecule has 6 heteroatoms. The molecule has 0 aliphatic heterocycles. The Morgan fingerprint density at radius 1 is 1.33 bits per heavy atom. The summed E-state index contributed by atoms with van der Waals surface area (Å²) in [6, 6.07) is 7.29. The Labute approximate surface area is 120 Å². The number of phenols is 1. The summed E-state index contributed by atoms with van der Waals surface area (Å²) in [6.45, 7) is 1.56. The third-order valence-corrected chi connectivity index (χ3v) is 3.07. The Bertz CT molecular complexity index is 735. The minimum absolute atomic E-state index is 0.00328. The average molecular weight is 289 g/mol. The van der Waals surface area contributed by atoms with Crippen molar-refractivity contribution in [1.82, 2.24) is 0 Å². The molecule has 0 aliphatic carbocycles. The fourth-order valence-electron chi connectivity index (χ4n) is 2.17.